The molecule has 1 atom stereocenters. The van der Waals surface area contributed by atoms with Gasteiger partial charge in [-0.2, -0.15) is 0 Å². The van der Waals surface area contributed by atoms with Gasteiger partial charge in [-0.25, -0.2) is 0 Å². The lowest BCUT2D eigenvalue weighted by molar-refractivity contribution is -0.135. The standard InChI is InChI=1S/C21H28N2O5/c1-21(2,3)23(20(25)18-9-6-12-28-18)15-19(24)22(13-16-7-4-10-26-16)14-17-8-5-11-27-17/h4,6-7,9-10,12,17H,5,8,11,13-15H2,1-3H3. The van der Waals surface area contributed by atoms with E-state index < -0.39 is 5.54 Å². The van der Waals surface area contributed by atoms with Gasteiger partial charge in [0.1, 0.15) is 12.3 Å². The number of nitrogens with zero attached hydrogens (tertiary/aromatic N) is 2. The van der Waals surface area contributed by atoms with Crippen LogP contribution in [-0.2, 0) is 16.1 Å². The molecule has 0 N–H and O–H groups in total. The Balaban J connectivity index is 1.76. The molecule has 0 spiro atoms. The van der Waals surface area contributed by atoms with E-state index in [1.807, 2.05) is 26.8 Å². The molecule has 2 aromatic rings. The molecule has 0 bridgehead atoms. The van der Waals surface area contributed by atoms with Crippen molar-refractivity contribution in [2.45, 2.75) is 51.8 Å². The van der Waals surface area contributed by atoms with Crippen molar-refractivity contribution in [1.82, 2.24) is 9.80 Å². The van der Waals surface area contributed by atoms with Crippen molar-refractivity contribution in [1.29, 1.82) is 0 Å². The Labute approximate surface area is 165 Å². The van der Waals surface area contributed by atoms with Crippen molar-refractivity contribution in [3.05, 3.63) is 48.3 Å². The molecule has 1 unspecified atom stereocenters. The summed E-state index contributed by atoms with van der Waals surface area (Å²) in [6, 6.07) is 6.91. The maximum absolute atomic E-state index is 13.2. The van der Waals surface area contributed by atoms with Crippen LogP contribution in [0, 0.1) is 0 Å². The SMILES string of the molecule is CC(C)(C)N(CC(=O)N(Cc1ccco1)CC1CCCO1)C(=O)c1ccco1. The number of ether oxygens (including phenoxy) is 1. The molecule has 2 aromatic heterocycles. The number of hydrogen-bond acceptors (Lipinski definition) is 5. The van der Waals surface area contributed by atoms with E-state index in [1.165, 1.54) is 6.26 Å². The fraction of sp³-hybridized carbons (Fsp3) is 0.524. The molecule has 1 saturated heterocycles. The molecule has 1 aliphatic heterocycles. The zero-order valence-corrected chi connectivity index (χ0v) is 16.7. The van der Waals surface area contributed by atoms with Gasteiger partial charge in [-0.15, -0.1) is 0 Å². The molecular weight excluding hydrogens is 360 g/mol. The topological polar surface area (TPSA) is 76.1 Å². The molecule has 3 rings (SSSR count). The van der Waals surface area contributed by atoms with E-state index in [4.69, 9.17) is 13.6 Å². The van der Waals surface area contributed by atoms with E-state index >= 15 is 0 Å². The smallest absolute Gasteiger partial charge is 0.290 e. The summed E-state index contributed by atoms with van der Waals surface area (Å²) in [6.07, 6.45) is 4.99. The average Bonchev–Trinajstić information content (AvgIpc) is 3.40. The summed E-state index contributed by atoms with van der Waals surface area (Å²) in [7, 11) is 0. The molecule has 0 aliphatic carbocycles. The molecule has 152 valence electrons. The molecule has 1 aliphatic rings. The fourth-order valence-electron chi connectivity index (χ4n) is 3.26. The highest BCUT2D eigenvalue weighted by atomic mass is 16.5. The third-order valence-electron chi connectivity index (χ3n) is 4.81. The largest absolute Gasteiger partial charge is 0.467 e. The van der Waals surface area contributed by atoms with Crippen LogP contribution in [0.1, 0.15) is 49.9 Å². The van der Waals surface area contributed by atoms with E-state index in [9.17, 15) is 9.59 Å². The van der Waals surface area contributed by atoms with Gasteiger partial charge in [-0.1, -0.05) is 0 Å². The van der Waals surface area contributed by atoms with Crippen LogP contribution in [0.15, 0.2) is 45.6 Å². The van der Waals surface area contributed by atoms with Crippen LogP contribution in [0.4, 0.5) is 0 Å². The summed E-state index contributed by atoms with van der Waals surface area (Å²) in [4.78, 5) is 29.3. The van der Waals surface area contributed by atoms with Crippen molar-refractivity contribution >= 4 is 11.8 Å². The summed E-state index contributed by atoms with van der Waals surface area (Å²) < 4.78 is 16.4. The Morgan fingerprint density at radius 2 is 1.89 bits per heavy atom. The minimum Gasteiger partial charge on any atom is -0.467 e. The van der Waals surface area contributed by atoms with Crippen LogP contribution in [0.5, 0.6) is 0 Å². The Morgan fingerprint density at radius 3 is 2.46 bits per heavy atom. The van der Waals surface area contributed by atoms with Crippen molar-refractivity contribution < 1.29 is 23.2 Å². The Morgan fingerprint density at radius 1 is 1.14 bits per heavy atom. The van der Waals surface area contributed by atoms with Crippen LogP contribution in [0.3, 0.4) is 0 Å². The lowest BCUT2D eigenvalue weighted by Gasteiger charge is -2.36. The summed E-state index contributed by atoms with van der Waals surface area (Å²) in [5.74, 6) is 0.466. The van der Waals surface area contributed by atoms with Gasteiger partial charge in [0, 0.05) is 18.7 Å². The third-order valence-corrected chi connectivity index (χ3v) is 4.81. The van der Waals surface area contributed by atoms with Crippen molar-refractivity contribution in [3.8, 4) is 0 Å². The molecule has 2 amide bonds. The van der Waals surface area contributed by atoms with Gasteiger partial charge in [-0.3, -0.25) is 9.59 Å². The highest BCUT2D eigenvalue weighted by molar-refractivity contribution is 5.94. The second-order valence-electron chi connectivity index (χ2n) is 8.03. The number of hydrogen-bond donors (Lipinski definition) is 0. The quantitative estimate of drug-likeness (QED) is 0.727. The van der Waals surface area contributed by atoms with Gasteiger partial charge in [0.2, 0.25) is 5.91 Å². The number of carbonyl (C=O) groups excluding carboxylic acids is 2. The number of furan rings is 2. The molecule has 28 heavy (non-hydrogen) atoms. The first-order chi connectivity index (χ1) is 13.3. The summed E-state index contributed by atoms with van der Waals surface area (Å²) in [5.41, 5.74) is -0.542. The molecule has 0 aromatic carbocycles. The maximum Gasteiger partial charge on any atom is 0.290 e. The maximum atomic E-state index is 13.2. The highest BCUT2D eigenvalue weighted by Gasteiger charge is 2.33. The first-order valence-corrected chi connectivity index (χ1v) is 9.62. The summed E-state index contributed by atoms with van der Waals surface area (Å²) in [6.45, 7) is 7.20. The van der Waals surface area contributed by atoms with Gasteiger partial charge in [0.15, 0.2) is 5.76 Å². The molecule has 0 saturated carbocycles. The average molecular weight is 388 g/mol. The monoisotopic (exact) mass is 388 g/mol. The Bertz CT molecular complexity index is 755. The number of amides is 2. The minimum absolute atomic E-state index is 0.0165. The highest BCUT2D eigenvalue weighted by Crippen LogP contribution is 2.20. The molecule has 7 heteroatoms. The normalized spacial score (nSPS) is 16.9. The van der Waals surface area contributed by atoms with Gasteiger partial charge < -0.3 is 23.4 Å². The third kappa shape index (κ3) is 5.04. The van der Waals surface area contributed by atoms with Gasteiger partial charge in [0.25, 0.3) is 5.91 Å². The predicted octanol–water partition coefficient (Wildman–Crippen LogP) is 3.32. The molecule has 7 nitrogen and oxygen atoms in total. The number of carbonyl (C=O) groups is 2. The molecule has 1 fully saturated rings. The second kappa shape index (κ2) is 8.65. The summed E-state index contributed by atoms with van der Waals surface area (Å²) in [5, 5.41) is 0. The first-order valence-electron chi connectivity index (χ1n) is 9.62. The first kappa shape index (κ1) is 20.2. The van der Waals surface area contributed by atoms with Crippen LogP contribution in [0.25, 0.3) is 0 Å². The van der Waals surface area contributed by atoms with Crippen LogP contribution in [-0.4, -0.2) is 53.0 Å². The lowest BCUT2D eigenvalue weighted by atomic mass is 10.1. The zero-order valence-electron chi connectivity index (χ0n) is 16.7. The molecular formula is C21H28N2O5. The van der Waals surface area contributed by atoms with Gasteiger partial charge in [0.05, 0.1) is 25.2 Å². The van der Waals surface area contributed by atoms with E-state index in [2.05, 4.69) is 0 Å². The van der Waals surface area contributed by atoms with Crippen molar-refractivity contribution in [2.24, 2.45) is 0 Å². The van der Waals surface area contributed by atoms with Crippen LogP contribution >= 0.6 is 0 Å². The lowest BCUT2D eigenvalue weighted by Crippen LogP contribution is -2.51. The minimum atomic E-state index is -0.542. The van der Waals surface area contributed by atoms with Gasteiger partial charge in [-0.05, 0) is 57.9 Å². The Kier molecular flexibility index (Phi) is 6.24. The van der Waals surface area contributed by atoms with Crippen LogP contribution in [0.2, 0.25) is 0 Å². The number of rotatable bonds is 7. The second-order valence-corrected chi connectivity index (χ2v) is 8.03. The zero-order chi connectivity index (χ0) is 20.1. The van der Waals surface area contributed by atoms with Crippen LogP contribution < -0.4 is 0 Å². The van der Waals surface area contributed by atoms with E-state index in [0.717, 1.165) is 19.4 Å². The van der Waals surface area contributed by atoms with E-state index in [0.29, 0.717) is 18.8 Å². The fourth-order valence-corrected chi connectivity index (χ4v) is 3.26. The molecule has 0 radical (unpaired) electrons. The molecule has 3 heterocycles. The van der Waals surface area contributed by atoms with E-state index in [-0.39, 0.29) is 30.2 Å². The van der Waals surface area contributed by atoms with Crippen molar-refractivity contribution in [2.75, 3.05) is 19.7 Å². The Hall–Kier alpha value is -2.54. The predicted molar refractivity (Wildman–Crippen MR) is 103 cm³/mol. The van der Waals surface area contributed by atoms with E-state index in [1.54, 1.807) is 34.3 Å². The van der Waals surface area contributed by atoms with Gasteiger partial charge >= 0.3 is 0 Å². The summed E-state index contributed by atoms with van der Waals surface area (Å²) >= 11 is 0. The van der Waals surface area contributed by atoms with Crippen molar-refractivity contribution in [3.63, 3.8) is 0 Å².